The van der Waals surface area contributed by atoms with E-state index in [0.29, 0.717) is 21.7 Å². The Morgan fingerprint density at radius 1 is 1.40 bits per heavy atom. The molecule has 0 radical (unpaired) electrons. The van der Waals surface area contributed by atoms with Crippen molar-refractivity contribution in [3.63, 3.8) is 0 Å². The topological polar surface area (TPSA) is 80.0 Å². The van der Waals surface area contributed by atoms with Crippen LogP contribution in [0.2, 0.25) is 0 Å². The third kappa shape index (κ3) is 3.62. The van der Waals surface area contributed by atoms with Crippen molar-refractivity contribution >= 4 is 28.2 Å². The maximum absolute atomic E-state index is 12.4. The molecule has 0 bridgehead atoms. The van der Waals surface area contributed by atoms with Gasteiger partial charge in [0, 0.05) is 12.6 Å². The van der Waals surface area contributed by atoms with Crippen LogP contribution in [-0.4, -0.2) is 23.5 Å². The maximum atomic E-state index is 12.4. The van der Waals surface area contributed by atoms with Crippen LogP contribution in [0.25, 0.3) is 0 Å². The summed E-state index contributed by atoms with van der Waals surface area (Å²) < 4.78 is 0. The van der Waals surface area contributed by atoms with E-state index >= 15 is 0 Å². The Hall–Kier alpha value is -1.30. The molecule has 20 heavy (non-hydrogen) atoms. The van der Waals surface area contributed by atoms with Gasteiger partial charge in [-0.15, -0.1) is 0 Å². The van der Waals surface area contributed by atoms with Gasteiger partial charge in [-0.3, -0.25) is 4.79 Å². The van der Waals surface area contributed by atoms with E-state index in [-0.39, 0.29) is 11.9 Å². The molecule has 0 aromatic carbocycles. The largest absolute Gasteiger partial charge is 0.382 e. The Balaban J connectivity index is 2.03. The monoisotopic (exact) mass is 296 g/mol. The molecular formula is C14H24N4OS. The molecule has 1 aromatic heterocycles. The van der Waals surface area contributed by atoms with Gasteiger partial charge in [0.05, 0.1) is 0 Å². The van der Waals surface area contributed by atoms with Crippen LogP contribution in [0.3, 0.4) is 0 Å². The molecule has 1 aliphatic rings. The lowest BCUT2D eigenvalue weighted by Gasteiger charge is -2.22. The molecule has 2 unspecified atom stereocenters. The fraction of sp³-hybridized carbons (Fsp3) is 0.714. The lowest BCUT2D eigenvalue weighted by atomic mass is 9.97. The molecule has 0 aliphatic heterocycles. The van der Waals surface area contributed by atoms with Gasteiger partial charge >= 0.3 is 0 Å². The number of carbonyl (C=O) groups is 1. The van der Waals surface area contributed by atoms with E-state index in [4.69, 9.17) is 5.73 Å². The summed E-state index contributed by atoms with van der Waals surface area (Å²) in [5.74, 6) is 0.775. The first-order valence-electron chi connectivity index (χ1n) is 7.42. The summed E-state index contributed by atoms with van der Waals surface area (Å²) in [6, 6.07) is 0.258. The van der Waals surface area contributed by atoms with Gasteiger partial charge in [0.2, 0.25) is 0 Å². The molecule has 2 atom stereocenters. The summed E-state index contributed by atoms with van der Waals surface area (Å²) in [7, 11) is 0. The number of nitrogens with two attached hydrogens (primary N) is 1. The number of nitrogens with zero attached hydrogens (tertiary/aromatic N) is 1. The Labute approximate surface area is 124 Å². The number of carbonyl (C=O) groups excluding carboxylic acids is 1. The average molecular weight is 296 g/mol. The number of nitrogens with one attached hydrogen (secondary N) is 2. The lowest BCUT2D eigenvalue weighted by Crippen LogP contribution is -2.38. The first kappa shape index (κ1) is 15.1. The molecule has 1 heterocycles. The predicted octanol–water partition coefficient (Wildman–Crippen LogP) is 2.86. The molecule has 1 saturated carbocycles. The van der Waals surface area contributed by atoms with E-state index in [1.165, 1.54) is 37.0 Å². The molecule has 5 nitrogen and oxygen atoms in total. The third-order valence-electron chi connectivity index (χ3n) is 3.87. The van der Waals surface area contributed by atoms with Gasteiger partial charge in [0.15, 0.2) is 5.13 Å². The van der Waals surface area contributed by atoms with Crippen LogP contribution >= 0.6 is 11.3 Å². The molecular weight excluding hydrogens is 272 g/mol. The van der Waals surface area contributed by atoms with E-state index in [2.05, 4.69) is 22.5 Å². The molecule has 0 spiro atoms. The smallest absolute Gasteiger partial charge is 0.265 e. The van der Waals surface area contributed by atoms with Gasteiger partial charge in [-0.25, -0.2) is 4.98 Å². The van der Waals surface area contributed by atoms with Crippen LogP contribution in [0.15, 0.2) is 0 Å². The Morgan fingerprint density at radius 3 is 2.90 bits per heavy atom. The van der Waals surface area contributed by atoms with Crippen LogP contribution in [0.5, 0.6) is 0 Å². The number of hydrogen-bond acceptors (Lipinski definition) is 5. The Bertz CT molecular complexity index is 460. The first-order chi connectivity index (χ1) is 9.61. The zero-order valence-electron chi connectivity index (χ0n) is 12.2. The van der Waals surface area contributed by atoms with E-state index < -0.39 is 0 Å². The van der Waals surface area contributed by atoms with Gasteiger partial charge in [-0.1, -0.05) is 37.5 Å². The highest BCUT2D eigenvalue weighted by Crippen LogP contribution is 2.27. The maximum Gasteiger partial charge on any atom is 0.265 e. The quantitative estimate of drug-likeness (QED) is 0.746. The van der Waals surface area contributed by atoms with Crippen molar-refractivity contribution in [2.24, 2.45) is 5.92 Å². The molecule has 2 rings (SSSR count). The normalized spacial score (nSPS) is 23.1. The summed E-state index contributed by atoms with van der Waals surface area (Å²) in [5.41, 5.74) is 5.84. The molecule has 1 amide bonds. The molecule has 4 N–H and O–H groups in total. The fourth-order valence-corrected chi connectivity index (χ4v) is 3.52. The Morgan fingerprint density at radius 2 is 2.15 bits per heavy atom. The highest BCUT2D eigenvalue weighted by atomic mass is 32.1. The van der Waals surface area contributed by atoms with Crippen LogP contribution in [0.1, 0.15) is 55.6 Å². The van der Waals surface area contributed by atoms with Crippen LogP contribution < -0.4 is 16.4 Å². The highest BCUT2D eigenvalue weighted by molar-refractivity contribution is 7.18. The summed E-state index contributed by atoms with van der Waals surface area (Å²) in [6.07, 6.45) is 5.97. The number of anilines is 2. The average Bonchev–Trinajstić information content (AvgIpc) is 2.65. The number of hydrogen-bond donors (Lipinski definition) is 3. The van der Waals surface area contributed by atoms with Crippen molar-refractivity contribution in [3.8, 4) is 0 Å². The summed E-state index contributed by atoms with van der Waals surface area (Å²) in [6.45, 7) is 4.98. The predicted molar refractivity (Wildman–Crippen MR) is 84.2 cm³/mol. The molecule has 1 aromatic rings. The second kappa shape index (κ2) is 6.92. The van der Waals surface area contributed by atoms with Gasteiger partial charge in [0.25, 0.3) is 5.91 Å². The molecule has 0 saturated heterocycles. The second-order valence-corrected chi connectivity index (χ2v) is 6.46. The number of nitrogen functional groups attached to an aromatic ring is 1. The molecule has 1 fully saturated rings. The minimum Gasteiger partial charge on any atom is -0.382 e. The van der Waals surface area contributed by atoms with Crippen LogP contribution in [0.4, 0.5) is 10.9 Å². The van der Waals surface area contributed by atoms with Gasteiger partial charge < -0.3 is 16.4 Å². The van der Waals surface area contributed by atoms with Crippen LogP contribution in [-0.2, 0) is 0 Å². The van der Waals surface area contributed by atoms with Crippen LogP contribution in [0, 0.1) is 5.92 Å². The number of aromatic nitrogens is 1. The number of rotatable bonds is 4. The van der Waals surface area contributed by atoms with E-state index in [9.17, 15) is 4.79 Å². The standard InChI is InChI=1S/C14H24N4OS/c1-3-16-14-18-12(15)11(20-14)13(19)17-10-8-6-4-5-7-9(10)2/h9-10H,3-8,15H2,1-2H3,(H,16,18)(H,17,19). The van der Waals surface area contributed by atoms with Crippen molar-refractivity contribution in [1.29, 1.82) is 0 Å². The van der Waals surface area contributed by atoms with Crippen molar-refractivity contribution in [1.82, 2.24) is 10.3 Å². The van der Waals surface area contributed by atoms with Gasteiger partial charge in [-0.2, -0.15) is 0 Å². The van der Waals surface area contributed by atoms with Gasteiger partial charge in [0.1, 0.15) is 10.7 Å². The molecule has 6 heteroatoms. The lowest BCUT2D eigenvalue weighted by molar-refractivity contribution is 0.0926. The summed E-state index contributed by atoms with van der Waals surface area (Å²) >= 11 is 1.33. The minimum atomic E-state index is -0.0806. The van der Waals surface area contributed by atoms with Crippen molar-refractivity contribution in [3.05, 3.63) is 4.88 Å². The van der Waals surface area contributed by atoms with Gasteiger partial charge in [-0.05, 0) is 25.7 Å². The Kier molecular flexibility index (Phi) is 5.23. The van der Waals surface area contributed by atoms with E-state index in [0.717, 1.165) is 13.0 Å². The van der Waals surface area contributed by atoms with Crippen molar-refractivity contribution < 1.29 is 4.79 Å². The zero-order chi connectivity index (χ0) is 14.5. The first-order valence-corrected chi connectivity index (χ1v) is 8.24. The second-order valence-electron chi connectivity index (χ2n) is 5.46. The highest BCUT2D eigenvalue weighted by Gasteiger charge is 2.24. The summed E-state index contributed by atoms with van der Waals surface area (Å²) in [5, 5.41) is 6.95. The minimum absolute atomic E-state index is 0.0806. The SMILES string of the molecule is CCNc1nc(N)c(C(=O)NC2CCCCCC2C)s1. The molecule has 112 valence electrons. The third-order valence-corrected chi connectivity index (χ3v) is 4.89. The van der Waals surface area contributed by atoms with E-state index in [1.807, 2.05) is 6.92 Å². The fourth-order valence-electron chi connectivity index (χ4n) is 2.66. The van der Waals surface area contributed by atoms with Crippen molar-refractivity contribution in [2.45, 2.75) is 52.0 Å². The van der Waals surface area contributed by atoms with Crippen molar-refractivity contribution in [2.75, 3.05) is 17.6 Å². The molecule has 1 aliphatic carbocycles. The summed E-state index contributed by atoms with van der Waals surface area (Å²) in [4.78, 5) is 17.1. The number of amides is 1. The van der Waals surface area contributed by atoms with E-state index in [1.54, 1.807) is 0 Å². The zero-order valence-corrected chi connectivity index (χ0v) is 13.1. The number of thiazole rings is 1.